The molecule has 7 heteroatoms. The Kier molecular flexibility index (Phi) is 4.32. The number of aromatic nitrogens is 2. The lowest BCUT2D eigenvalue weighted by Gasteiger charge is -2.33. The van der Waals surface area contributed by atoms with Gasteiger partial charge in [-0.15, -0.1) is 0 Å². The molecule has 138 valence electrons. The first-order valence-corrected chi connectivity index (χ1v) is 9.02. The van der Waals surface area contributed by atoms with Crippen molar-refractivity contribution in [1.29, 1.82) is 0 Å². The van der Waals surface area contributed by atoms with Crippen LogP contribution in [0.4, 0.5) is 0 Å². The summed E-state index contributed by atoms with van der Waals surface area (Å²) in [6.45, 7) is 8.86. The molecule has 2 aliphatic heterocycles. The quantitative estimate of drug-likeness (QED) is 0.911. The van der Waals surface area contributed by atoms with Crippen molar-refractivity contribution in [2.45, 2.75) is 45.9 Å². The van der Waals surface area contributed by atoms with Gasteiger partial charge in [0.05, 0.1) is 6.04 Å². The predicted octanol–water partition coefficient (Wildman–Crippen LogP) is 2.33. The third-order valence-corrected chi connectivity index (χ3v) is 4.83. The number of carbonyl (C=O) groups is 1. The first-order valence-electron chi connectivity index (χ1n) is 9.02. The highest BCUT2D eigenvalue weighted by molar-refractivity contribution is 5.92. The van der Waals surface area contributed by atoms with E-state index in [4.69, 9.17) is 9.47 Å². The maximum Gasteiger partial charge on any atom is 0.271 e. The fourth-order valence-corrected chi connectivity index (χ4v) is 3.47. The van der Waals surface area contributed by atoms with Crippen LogP contribution in [-0.2, 0) is 13.1 Å². The fraction of sp³-hybridized carbons (Fsp3) is 0.474. The van der Waals surface area contributed by atoms with E-state index in [1.165, 1.54) is 5.56 Å². The molecule has 1 unspecified atom stereocenters. The predicted molar refractivity (Wildman–Crippen MR) is 96.2 cm³/mol. The van der Waals surface area contributed by atoms with Gasteiger partial charge in [0, 0.05) is 31.9 Å². The highest BCUT2D eigenvalue weighted by atomic mass is 16.7. The second kappa shape index (κ2) is 6.64. The number of amides is 1. The lowest BCUT2D eigenvalue weighted by molar-refractivity contribution is 0.0938. The van der Waals surface area contributed by atoms with Crippen molar-refractivity contribution in [2.75, 3.05) is 13.3 Å². The van der Waals surface area contributed by atoms with E-state index in [0.29, 0.717) is 5.69 Å². The molecular weight excluding hydrogens is 332 g/mol. The first kappa shape index (κ1) is 16.9. The van der Waals surface area contributed by atoms with Gasteiger partial charge in [-0.3, -0.25) is 9.69 Å². The number of fused-ring (bicyclic) bond motifs is 2. The van der Waals surface area contributed by atoms with Crippen molar-refractivity contribution in [3.8, 4) is 11.5 Å². The fourth-order valence-electron chi connectivity index (χ4n) is 3.47. The molecule has 1 atom stereocenters. The molecule has 0 bridgehead atoms. The normalized spacial score (nSPS) is 18.8. The summed E-state index contributed by atoms with van der Waals surface area (Å²) in [5.41, 5.74) is 1.67. The van der Waals surface area contributed by atoms with Crippen molar-refractivity contribution >= 4 is 5.91 Å². The zero-order chi connectivity index (χ0) is 18.3. The minimum absolute atomic E-state index is 0.0983. The second-order valence-corrected chi connectivity index (χ2v) is 7.14. The van der Waals surface area contributed by atoms with E-state index in [1.54, 1.807) is 0 Å². The Morgan fingerprint density at radius 2 is 2.12 bits per heavy atom. The number of rotatable bonds is 4. The number of nitrogens with zero attached hydrogens (tertiary/aromatic N) is 3. The molecule has 1 N–H and O–H groups in total. The summed E-state index contributed by atoms with van der Waals surface area (Å²) in [6.07, 6.45) is 1.86. The van der Waals surface area contributed by atoms with Crippen LogP contribution in [0.1, 0.15) is 48.7 Å². The van der Waals surface area contributed by atoms with Gasteiger partial charge in [-0.05, 0) is 38.5 Å². The van der Waals surface area contributed by atoms with Gasteiger partial charge in [0.15, 0.2) is 11.5 Å². The van der Waals surface area contributed by atoms with Gasteiger partial charge in [0.2, 0.25) is 6.79 Å². The zero-order valence-electron chi connectivity index (χ0n) is 15.4. The number of imidazole rings is 1. The van der Waals surface area contributed by atoms with Crippen molar-refractivity contribution < 1.29 is 14.3 Å². The Hall–Kier alpha value is -2.54. The standard InChI is InChI=1S/C19H24N4O3/c1-12(2)20-19(24)15-10-23-7-6-22(13(3)18(23)21-15)9-14-4-5-16-17(8-14)26-11-25-16/h4-5,8,10,12-13H,6-7,9,11H2,1-3H3,(H,20,24). The van der Waals surface area contributed by atoms with Crippen LogP contribution in [0.3, 0.4) is 0 Å². The van der Waals surface area contributed by atoms with Gasteiger partial charge in [0.1, 0.15) is 11.5 Å². The van der Waals surface area contributed by atoms with Crippen LogP contribution < -0.4 is 14.8 Å². The molecular formula is C19H24N4O3. The van der Waals surface area contributed by atoms with Crippen LogP contribution in [0.2, 0.25) is 0 Å². The molecule has 2 aliphatic rings. The van der Waals surface area contributed by atoms with Gasteiger partial charge >= 0.3 is 0 Å². The number of carbonyl (C=O) groups excluding carboxylic acids is 1. The number of hydrogen-bond acceptors (Lipinski definition) is 5. The van der Waals surface area contributed by atoms with E-state index in [2.05, 4.69) is 32.8 Å². The molecule has 0 aliphatic carbocycles. The lowest BCUT2D eigenvalue weighted by atomic mass is 10.1. The van der Waals surface area contributed by atoms with Crippen molar-refractivity contribution in [2.24, 2.45) is 0 Å². The smallest absolute Gasteiger partial charge is 0.271 e. The van der Waals surface area contributed by atoms with Gasteiger partial charge in [0.25, 0.3) is 5.91 Å². The largest absolute Gasteiger partial charge is 0.454 e. The average Bonchev–Trinajstić information content (AvgIpc) is 3.23. The van der Waals surface area contributed by atoms with Gasteiger partial charge in [-0.25, -0.2) is 4.98 Å². The summed E-state index contributed by atoms with van der Waals surface area (Å²) in [6, 6.07) is 6.30. The monoisotopic (exact) mass is 356 g/mol. The molecule has 0 saturated carbocycles. The summed E-state index contributed by atoms with van der Waals surface area (Å²) in [4.78, 5) is 19.2. The zero-order valence-corrected chi connectivity index (χ0v) is 15.4. The van der Waals surface area contributed by atoms with Crippen molar-refractivity contribution in [3.63, 3.8) is 0 Å². The van der Waals surface area contributed by atoms with Crippen LogP contribution in [0.25, 0.3) is 0 Å². The average molecular weight is 356 g/mol. The number of benzene rings is 1. The number of hydrogen-bond donors (Lipinski definition) is 1. The maximum atomic E-state index is 12.2. The molecule has 3 heterocycles. The van der Waals surface area contributed by atoms with Crippen LogP contribution >= 0.6 is 0 Å². The molecule has 0 spiro atoms. The molecule has 0 fully saturated rings. The molecule has 0 radical (unpaired) electrons. The second-order valence-electron chi connectivity index (χ2n) is 7.14. The lowest BCUT2D eigenvalue weighted by Crippen LogP contribution is -2.36. The molecule has 7 nitrogen and oxygen atoms in total. The Bertz CT molecular complexity index is 830. The first-order chi connectivity index (χ1) is 12.5. The van der Waals surface area contributed by atoms with Crippen LogP contribution in [0.15, 0.2) is 24.4 Å². The molecule has 1 aromatic carbocycles. The molecule has 4 rings (SSSR count). The third-order valence-electron chi connectivity index (χ3n) is 4.83. The summed E-state index contributed by atoms with van der Waals surface area (Å²) in [5, 5.41) is 2.90. The van der Waals surface area contributed by atoms with Crippen LogP contribution in [-0.4, -0.2) is 39.7 Å². The number of ether oxygens (including phenoxy) is 2. The Morgan fingerprint density at radius 1 is 1.31 bits per heavy atom. The summed E-state index contributed by atoms with van der Waals surface area (Å²) < 4.78 is 12.9. The topological polar surface area (TPSA) is 68.6 Å². The molecule has 2 aromatic rings. The molecule has 26 heavy (non-hydrogen) atoms. The molecule has 1 amide bonds. The summed E-state index contributed by atoms with van der Waals surface area (Å²) in [5.74, 6) is 2.43. The minimum Gasteiger partial charge on any atom is -0.454 e. The Labute approximate surface area is 152 Å². The van der Waals surface area contributed by atoms with E-state index in [-0.39, 0.29) is 24.8 Å². The molecule has 1 aromatic heterocycles. The van der Waals surface area contributed by atoms with Gasteiger partial charge < -0.3 is 19.4 Å². The van der Waals surface area contributed by atoms with Gasteiger partial charge in [-0.1, -0.05) is 6.07 Å². The van der Waals surface area contributed by atoms with E-state index in [1.807, 2.05) is 32.2 Å². The van der Waals surface area contributed by atoms with Crippen molar-refractivity contribution in [3.05, 3.63) is 41.5 Å². The summed E-state index contributed by atoms with van der Waals surface area (Å²) >= 11 is 0. The third kappa shape index (κ3) is 3.14. The SMILES string of the molecule is CC(C)NC(=O)c1cn2c(n1)C(C)N(Cc1ccc3c(c1)OCO3)CC2. The van der Waals surface area contributed by atoms with E-state index in [0.717, 1.165) is 37.0 Å². The van der Waals surface area contributed by atoms with Gasteiger partial charge in [-0.2, -0.15) is 0 Å². The van der Waals surface area contributed by atoms with Crippen molar-refractivity contribution in [1.82, 2.24) is 19.8 Å². The molecule has 0 saturated heterocycles. The number of nitrogens with one attached hydrogen (secondary N) is 1. The highest BCUT2D eigenvalue weighted by Crippen LogP contribution is 2.34. The minimum atomic E-state index is -0.114. The van der Waals surface area contributed by atoms with Crippen LogP contribution in [0, 0.1) is 0 Å². The summed E-state index contributed by atoms with van der Waals surface area (Å²) in [7, 11) is 0. The highest BCUT2D eigenvalue weighted by Gasteiger charge is 2.28. The van der Waals surface area contributed by atoms with E-state index < -0.39 is 0 Å². The van der Waals surface area contributed by atoms with E-state index in [9.17, 15) is 4.79 Å². The van der Waals surface area contributed by atoms with E-state index >= 15 is 0 Å². The van der Waals surface area contributed by atoms with Crippen LogP contribution in [0.5, 0.6) is 11.5 Å². The Morgan fingerprint density at radius 3 is 2.92 bits per heavy atom. The maximum absolute atomic E-state index is 12.2. The Balaban J connectivity index is 1.50.